The first kappa shape index (κ1) is 24.5. The SMILES string of the molecule is CCN1C(=S)N[C@H](c2cccc(NC(=O)c3ccccc3C)c2)C(C(=O)OCC(C)C)=C1C. The van der Waals surface area contributed by atoms with Gasteiger partial charge in [-0.15, -0.1) is 0 Å². The van der Waals surface area contributed by atoms with Crippen molar-refractivity contribution in [1.29, 1.82) is 0 Å². The highest BCUT2D eigenvalue weighted by Gasteiger charge is 2.34. The number of amides is 1. The number of ether oxygens (including phenoxy) is 1. The molecule has 0 saturated heterocycles. The van der Waals surface area contributed by atoms with Crippen molar-refractivity contribution in [3.63, 3.8) is 0 Å². The van der Waals surface area contributed by atoms with Gasteiger partial charge < -0.3 is 20.3 Å². The Morgan fingerprint density at radius 2 is 1.88 bits per heavy atom. The van der Waals surface area contributed by atoms with Crippen LogP contribution in [0.3, 0.4) is 0 Å². The average molecular weight is 466 g/mol. The third-order valence-electron chi connectivity index (χ3n) is 5.55. The molecule has 0 radical (unpaired) electrons. The second kappa shape index (κ2) is 10.6. The summed E-state index contributed by atoms with van der Waals surface area (Å²) in [5.41, 5.74) is 4.26. The molecule has 0 aromatic heterocycles. The van der Waals surface area contributed by atoms with Crippen molar-refractivity contribution in [2.75, 3.05) is 18.5 Å². The van der Waals surface area contributed by atoms with Gasteiger partial charge in [0.1, 0.15) is 0 Å². The molecular weight excluding hydrogens is 434 g/mol. The summed E-state index contributed by atoms with van der Waals surface area (Å²) >= 11 is 5.57. The van der Waals surface area contributed by atoms with Crippen molar-refractivity contribution in [2.45, 2.75) is 40.7 Å². The maximum Gasteiger partial charge on any atom is 0.338 e. The zero-order valence-corrected chi connectivity index (χ0v) is 20.6. The molecule has 2 aromatic rings. The van der Waals surface area contributed by atoms with Crippen molar-refractivity contribution < 1.29 is 14.3 Å². The van der Waals surface area contributed by atoms with E-state index < -0.39 is 6.04 Å². The predicted octanol–water partition coefficient (Wildman–Crippen LogP) is 4.97. The maximum atomic E-state index is 13.1. The number of anilines is 1. The number of carbonyl (C=O) groups is 2. The standard InChI is InChI=1S/C26H31N3O3S/c1-6-29-18(5)22(25(31)32-15-16(2)3)23(28-26(29)33)19-11-9-12-20(14-19)27-24(30)21-13-8-7-10-17(21)4/h7-14,16,23H,6,15H2,1-5H3,(H,27,30)(H,28,33)/t23-/m1/s1. The van der Waals surface area contributed by atoms with Crippen LogP contribution in [-0.2, 0) is 9.53 Å². The fraction of sp³-hybridized carbons (Fsp3) is 0.346. The lowest BCUT2D eigenvalue weighted by molar-refractivity contribution is -0.140. The lowest BCUT2D eigenvalue weighted by Gasteiger charge is -2.37. The van der Waals surface area contributed by atoms with Crippen LogP contribution >= 0.6 is 12.2 Å². The van der Waals surface area contributed by atoms with E-state index >= 15 is 0 Å². The maximum absolute atomic E-state index is 13.1. The van der Waals surface area contributed by atoms with Crippen molar-refractivity contribution in [1.82, 2.24) is 10.2 Å². The van der Waals surface area contributed by atoms with Crippen LogP contribution in [0.2, 0.25) is 0 Å². The van der Waals surface area contributed by atoms with Gasteiger partial charge >= 0.3 is 5.97 Å². The predicted molar refractivity (Wildman–Crippen MR) is 135 cm³/mol. The Labute approximate surface area is 201 Å². The molecular formula is C26H31N3O3S. The van der Waals surface area contributed by atoms with E-state index in [0.29, 0.717) is 35.1 Å². The number of rotatable bonds is 7. The van der Waals surface area contributed by atoms with E-state index in [1.165, 1.54) is 0 Å². The van der Waals surface area contributed by atoms with Gasteiger partial charge in [-0.25, -0.2) is 4.79 Å². The minimum Gasteiger partial charge on any atom is -0.462 e. The normalized spacial score (nSPS) is 16.0. The van der Waals surface area contributed by atoms with Gasteiger partial charge in [0.05, 0.1) is 18.2 Å². The molecule has 0 fully saturated rings. The number of esters is 1. The van der Waals surface area contributed by atoms with Gasteiger partial charge in [0, 0.05) is 23.5 Å². The Morgan fingerprint density at radius 1 is 1.15 bits per heavy atom. The molecule has 0 bridgehead atoms. The van der Waals surface area contributed by atoms with Gasteiger partial charge in [-0.1, -0.05) is 44.2 Å². The minimum atomic E-state index is -0.477. The third kappa shape index (κ3) is 5.60. The highest BCUT2D eigenvalue weighted by molar-refractivity contribution is 7.80. The fourth-order valence-electron chi connectivity index (χ4n) is 3.82. The molecule has 2 aromatic carbocycles. The summed E-state index contributed by atoms with van der Waals surface area (Å²) in [5.74, 6) is -0.319. The van der Waals surface area contributed by atoms with E-state index in [1.54, 1.807) is 6.07 Å². The van der Waals surface area contributed by atoms with Crippen LogP contribution in [0.4, 0.5) is 5.69 Å². The molecule has 1 heterocycles. The summed E-state index contributed by atoms with van der Waals surface area (Å²) in [6.45, 7) is 10.7. The molecule has 1 aliphatic heterocycles. The molecule has 1 atom stereocenters. The van der Waals surface area contributed by atoms with E-state index in [2.05, 4.69) is 10.6 Å². The number of allylic oxidation sites excluding steroid dienone is 1. The van der Waals surface area contributed by atoms with E-state index in [9.17, 15) is 9.59 Å². The summed E-state index contributed by atoms with van der Waals surface area (Å²) < 4.78 is 5.58. The lowest BCUT2D eigenvalue weighted by atomic mass is 9.94. The molecule has 0 saturated carbocycles. The Balaban J connectivity index is 1.93. The van der Waals surface area contributed by atoms with Crippen molar-refractivity contribution in [3.8, 4) is 0 Å². The van der Waals surface area contributed by atoms with Crippen LogP contribution in [0, 0.1) is 12.8 Å². The average Bonchev–Trinajstić information content (AvgIpc) is 2.77. The molecule has 7 heteroatoms. The summed E-state index contributed by atoms with van der Waals surface area (Å²) in [6.07, 6.45) is 0. The van der Waals surface area contributed by atoms with Gasteiger partial charge in [0.2, 0.25) is 0 Å². The van der Waals surface area contributed by atoms with E-state index in [0.717, 1.165) is 16.8 Å². The van der Waals surface area contributed by atoms with Crippen molar-refractivity contribution in [3.05, 3.63) is 76.5 Å². The number of nitrogens with one attached hydrogen (secondary N) is 2. The van der Waals surface area contributed by atoms with Gasteiger partial charge in [0.25, 0.3) is 5.91 Å². The highest BCUT2D eigenvalue weighted by Crippen LogP contribution is 2.32. The number of benzene rings is 2. The molecule has 2 N–H and O–H groups in total. The second-order valence-electron chi connectivity index (χ2n) is 8.51. The molecule has 3 rings (SSSR count). The fourth-order valence-corrected chi connectivity index (χ4v) is 4.20. The van der Waals surface area contributed by atoms with Crippen molar-refractivity contribution in [2.24, 2.45) is 5.92 Å². The smallest absolute Gasteiger partial charge is 0.338 e. The summed E-state index contributed by atoms with van der Waals surface area (Å²) in [7, 11) is 0. The first-order valence-electron chi connectivity index (χ1n) is 11.2. The monoisotopic (exact) mass is 465 g/mol. The topological polar surface area (TPSA) is 70.7 Å². The van der Waals surface area contributed by atoms with Crippen LogP contribution in [0.15, 0.2) is 59.8 Å². The van der Waals surface area contributed by atoms with E-state index in [1.807, 2.05) is 82.0 Å². The quantitative estimate of drug-likeness (QED) is 0.444. The van der Waals surface area contributed by atoms with Crippen LogP contribution < -0.4 is 10.6 Å². The summed E-state index contributed by atoms with van der Waals surface area (Å²) in [6, 6.07) is 14.4. The summed E-state index contributed by atoms with van der Waals surface area (Å²) in [4.78, 5) is 27.8. The van der Waals surface area contributed by atoms with Gasteiger partial charge in [-0.2, -0.15) is 0 Å². The number of thiocarbonyl (C=S) groups is 1. The van der Waals surface area contributed by atoms with Crippen LogP contribution in [0.25, 0.3) is 0 Å². The molecule has 33 heavy (non-hydrogen) atoms. The number of hydrogen-bond acceptors (Lipinski definition) is 4. The number of nitrogens with zero attached hydrogens (tertiary/aromatic N) is 1. The van der Waals surface area contributed by atoms with Crippen LogP contribution in [0.1, 0.15) is 55.2 Å². The Kier molecular flexibility index (Phi) is 7.87. The number of hydrogen-bond donors (Lipinski definition) is 2. The van der Waals surface area contributed by atoms with Gasteiger partial charge in [-0.3, -0.25) is 4.79 Å². The number of aryl methyl sites for hydroxylation is 1. The molecule has 174 valence electrons. The third-order valence-corrected chi connectivity index (χ3v) is 5.89. The van der Waals surface area contributed by atoms with E-state index in [4.69, 9.17) is 17.0 Å². The first-order chi connectivity index (χ1) is 15.7. The second-order valence-corrected chi connectivity index (χ2v) is 8.90. The zero-order valence-electron chi connectivity index (χ0n) is 19.8. The van der Waals surface area contributed by atoms with Gasteiger partial charge in [0.15, 0.2) is 5.11 Å². The minimum absolute atomic E-state index is 0.183. The molecule has 1 aliphatic rings. The molecule has 0 aliphatic carbocycles. The van der Waals surface area contributed by atoms with Gasteiger partial charge in [-0.05, 0) is 68.2 Å². The number of carbonyl (C=O) groups excluding carboxylic acids is 2. The van der Waals surface area contributed by atoms with Crippen molar-refractivity contribution >= 4 is 34.9 Å². The lowest BCUT2D eigenvalue weighted by Crippen LogP contribution is -2.47. The Hall–Kier alpha value is -3.19. The largest absolute Gasteiger partial charge is 0.462 e. The molecule has 0 unspecified atom stereocenters. The summed E-state index contributed by atoms with van der Waals surface area (Å²) in [5, 5.41) is 6.80. The Morgan fingerprint density at radius 3 is 2.55 bits per heavy atom. The molecule has 0 spiro atoms. The van der Waals surface area contributed by atoms with Crippen LogP contribution in [0.5, 0.6) is 0 Å². The van der Waals surface area contributed by atoms with Crippen LogP contribution in [-0.4, -0.2) is 35.0 Å². The molecule has 1 amide bonds. The highest BCUT2D eigenvalue weighted by atomic mass is 32.1. The molecule has 6 nitrogen and oxygen atoms in total. The first-order valence-corrected chi connectivity index (χ1v) is 11.6. The Bertz CT molecular complexity index is 1090. The van der Waals surface area contributed by atoms with E-state index in [-0.39, 0.29) is 17.8 Å². The zero-order chi connectivity index (χ0) is 24.1.